The number of fused-ring (bicyclic) bond motifs is 1. The standard InChI is InChI=1S/C34H31N5O10/c35-32-29-33(37-20-36-32)39(21-38-29)34-31(49-28(42)19-45-24-14-8-3-9-15-24)30(48-27(41)18-44-23-12-6-2-7-13-23)25(47-34)16-46-26(40)17-43-22-10-4-1-5-11-22/h1-15,20-21,25,30-31,34H,16-19H2,(H2,35,36,37)/t25-,30-,31-,34-/m1/s1. The summed E-state index contributed by atoms with van der Waals surface area (Å²) in [6.07, 6.45) is -2.28. The third kappa shape index (κ3) is 8.39. The smallest absolute Gasteiger partial charge is 0.344 e. The molecule has 49 heavy (non-hydrogen) atoms. The van der Waals surface area contributed by atoms with Crippen molar-refractivity contribution < 1.29 is 47.5 Å². The number of nitrogen functional groups attached to an aromatic ring is 1. The molecular weight excluding hydrogens is 638 g/mol. The summed E-state index contributed by atoms with van der Waals surface area (Å²) in [5.41, 5.74) is 6.53. The number of carbonyl (C=O) groups is 3. The Labute approximate surface area is 279 Å². The number of imidazole rings is 1. The van der Waals surface area contributed by atoms with Gasteiger partial charge >= 0.3 is 17.9 Å². The van der Waals surface area contributed by atoms with Crippen LogP contribution in [0.1, 0.15) is 6.23 Å². The van der Waals surface area contributed by atoms with Crippen molar-refractivity contribution in [3.8, 4) is 17.2 Å². The highest BCUT2D eigenvalue weighted by Gasteiger charge is 2.51. The van der Waals surface area contributed by atoms with Crippen LogP contribution in [0.15, 0.2) is 104 Å². The van der Waals surface area contributed by atoms with E-state index >= 15 is 0 Å². The second kappa shape index (κ2) is 15.6. The molecular formula is C34H31N5O10. The number of rotatable bonds is 14. The molecule has 252 valence electrons. The lowest BCUT2D eigenvalue weighted by Gasteiger charge is -2.25. The number of carbonyl (C=O) groups excluding carboxylic acids is 3. The maximum Gasteiger partial charge on any atom is 0.344 e. The second-order valence-corrected chi connectivity index (χ2v) is 10.5. The van der Waals surface area contributed by atoms with Crippen LogP contribution in [0, 0.1) is 0 Å². The summed E-state index contributed by atoms with van der Waals surface area (Å²) >= 11 is 0. The van der Waals surface area contributed by atoms with Crippen molar-refractivity contribution in [1.29, 1.82) is 0 Å². The molecule has 0 saturated carbocycles. The van der Waals surface area contributed by atoms with E-state index in [0.29, 0.717) is 17.2 Å². The first kappa shape index (κ1) is 32.7. The van der Waals surface area contributed by atoms with Crippen LogP contribution in [0.4, 0.5) is 5.82 Å². The Kier molecular flexibility index (Phi) is 10.4. The highest BCUT2D eigenvalue weighted by molar-refractivity contribution is 5.81. The fourth-order valence-corrected chi connectivity index (χ4v) is 4.96. The Morgan fingerprint density at radius 1 is 0.673 bits per heavy atom. The molecule has 5 aromatic rings. The zero-order chi connectivity index (χ0) is 34.0. The maximum atomic E-state index is 13.2. The van der Waals surface area contributed by atoms with Gasteiger partial charge in [0, 0.05) is 0 Å². The van der Waals surface area contributed by atoms with Crippen molar-refractivity contribution in [2.45, 2.75) is 24.5 Å². The van der Waals surface area contributed by atoms with E-state index in [1.807, 2.05) is 6.07 Å². The Bertz CT molecular complexity index is 1860. The van der Waals surface area contributed by atoms with Crippen LogP contribution in [0.3, 0.4) is 0 Å². The van der Waals surface area contributed by atoms with E-state index in [1.54, 1.807) is 84.9 Å². The van der Waals surface area contributed by atoms with E-state index in [-0.39, 0.29) is 17.0 Å². The van der Waals surface area contributed by atoms with Gasteiger partial charge in [-0.2, -0.15) is 0 Å². The van der Waals surface area contributed by atoms with Gasteiger partial charge in [-0.05, 0) is 36.4 Å². The lowest BCUT2D eigenvalue weighted by Crippen LogP contribution is -2.42. The summed E-state index contributed by atoms with van der Waals surface area (Å²) in [5, 5.41) is 0. The molecule has 0 bridgehead atoms. The second-order valence-electron chi connectivity index (χ2n) is 10.5. The minimum atomic E-state index is -1.30. The van der Waals surface area contributed by atoms with E-state index in [9.17, 15) is 14.4 Å². The Balaban J connectivity index is 1.24. The van der Waals surface area contributed by atoms with Crippen molar-refractivity contribution in [2.24, 2.45) is 0 Å². The Morgan fingerprint density at radius 2 is 1.18 bits per heavy atom. The predicted octanol–water partition coefficient (Wildman–Crippen LogP) is 2.91. The van der Waals surface area contributed by atoms with Gasteiger partial charge in [0.05, 0.1) is 6.33 Å². The first-order valence-corrected chi connectivity index (χ1v) is 15.1. The van der Waals surface area contributed by atoms with Gasteiger partial charge in [-0.15, -0.1) is 0 Å². The summed E-state index contributed by atoms with van der Waals surface area (Å²) in [6, 6.07) is 26.0. The zero-order valence-electron chi connectivity index (χ0n) is 25.9. The fraction of sp³-hybridized carbons (Fsp3) is 0.235. The lowest BCUT2D eigenvalue weighted by atomic mass is 10.1. The van der Waals surface area contributed by atoms with Crippen molar-refractivity contribution >= 4 is 34.9 Å². The Morgan fingerprint density at radius 3 is 1.73 bits per heavy atom. The molecule has 3 heterocycles. The third-order valence-corrected chi connectivity index (χ3v) is 7.19. The molecule has 6 rings (SSSR count). The predicted molar refractivity (Wildman–Crippen MR) is 170 cm³/mol. The van der Waals surface area contributed by atoms with E-state index in [0.717, 1.165) is 0 Å². The van der Waals surface area contributed by atoms with Gasteiger partial charge in [0.1, 0.15) is 41.8 Å². The molecule has 4 atom stereocenters. The largest absolute Gasteiger partial charge is 0.482 e. The third-order valence-electron chi connectivity index (χ3n) is 7.19. The lowest BCUT2D eigenvalue weighted by molar-refractivity contribution is -0.171. The van der Waals surface area contributed by atoms with E-state index < -0.39 is 68.9 Å². The highest BCUT2D eigenvalue weighted by atomic mass is 16.7. The molecule has 1 aliphatic heterocycles. The number of anilines is 1. The summed E-state index contributed by atoms with van der Waals surface area (Å²) in [6.45, 7) is -1.74. The van der Waals surface area contributed by atoms with Crippen LogP contribution in [0.5, 0.6) is 17.2 Å². The molecule has 0 unspecified atom stereocenters. The first-order valence-electron chi connectivity index (χ1n) is 15.1. The number of aromatic nitrogens is 4. The molecule has 15 nitrogen and oxygen atoms in total. The molecule has 0 aliphatic carbocycles. The number of nitrogens with zero attached hydrogens (tertiary/aromatic N) is 4. The summed E-state index contributed by atoms with van der Waals surface area (Å²) in [7, 11) is 0. The van der Waals surface area contributed by atoms with Crippen LogP contribution in [-0.2, 0) is 33.3 Å². The minimum Gasteiger partial charge on any atom is -0.482 e. The van der Waals surface area contributed by atoms with Gasteiger partial charge in [-0.1, -0.05) is 54.6 Å². The molecule has 3 aromatic carbocycles. The fourth-order valence-electron chi connectivity index (χ4n) is 4.96. The van der Waals surface area contributed by atoms with E-state index in [4.69, 9.17) is 38.9 Å². The molecule has 1 fully saturated rings. The topological polar surface area (TPSA) is 185 Å². The van der Waals surface area contributed by atoms with E-state index in [2.05, 4.69) is 15.0 Å². The number of benzene rings is 3. The number of esters is 3. The van der Waals surface area contributed by atoms with Crippen LogP contribution in [0.25, 0.3) is 11.2 Å². The molecule has 15 heteroatoms. The zero-order valence-corrected chi connectivity index (χ0v) is 25.9. The quantitative estimate of drug-likeness (QED) is 0.134. The molecule has 0 amide bonds. The Hall–Kier alpha value is -6.22. The maximum absolute atomic E-state index is 13.2. The van der Waals surface area contributed by atoms with Gasteiger partial charge in [0.25, 0.3) is 0 Å². The first-order chi connectivity index (χ1) is 23.9. The average molecular weight is 670 g/mol. The minimum absolute atomic E-state index is 0.108. The summed E-state index contributed by atoms with van der Waals surface area (Å²) in [5.74, 6) is -0.854. The molecule has 0 radical (unpaired) electrons. The SMILES string of the molecule is Nc1ncnc2c1ncn2[C@@H]1O[C@H](COC(=O)COc2ccccc2)[C@@H](OC(=O)COc2ccccc2)[C@H]1OC(=O)COc1ccccc1. The molecule has 1 aliphatic rings. The van der Waals surface area contributed by atoms with Gasteiger partial charge in [-0.25, -0.2) is 29.3 Å². The number of hydrogen-bond acceptors (Lipinski definition) is 14. The number of para-hydroxylation sites is 3. The van der Waals surface area contributed by atoms with Crippen LogP contribution in [-0.4, -0.2) is 82.2 Å². The normalized spacial score (nSPS) is 18.4. The van der Waals surface area contributed by atoms with Crippen molar-refractivity contribution in [1.82, 2.24) is 19.5 Å². The van der Waals surface area contributed by atoms with Crippen LogP contribution < -0.4 is 19.9 Å². The summed E-state index contributed by atoms with van der Waals surface area (Å²) in [4.78, 5) is 51.6. The molecule has 1 saturated heterocycles. The van der Waals surface area contributed by atoms with Crippen LogP contribution >= 0.6 is 0 Å². The number of ether oxygens (including phenoxy) is 7. The van der Waals surface area contributed by atoms with Crippen molar-refractivity contribution in [3.05, 3.63) is 104 Å². The monoisotopic (exact) mass is 669 g/mol. The molecule has 2 aromatic heterocycles. The van der Waals surface area contributed by atoms with Gasteiger partial charge in [0.15, 0.2) is 49.7 Å². The van der Waals surface area contributed by atoms with Gasteiger partial charge < -0.3 is 38.9 Å². The average Bonchev–Trinajstić information content (AvgIpc) is 3.71. The van der Waals surface area contributed by atoms with Crippen molar-refractivity contribution in [2.75, 3.05) is 32.2 Å². The van der Waals surface area contributed by atoms with Crippen molar-refractivity contribution in [3.63, 3.8) is 0 Å². The summed E-state index contributed by atoms with van der Waals surface area (Å²) < 4.78 is 41.6. The van der Waals surface area contributed by atoms with Crippen LogP contribution in [0.2, 0.25) is 0 Å². The molecule has 2 N–H and O–H groups in total. The van der Waals surface area contributed by atoms with Gasteiger partial charge in [0.2, 0.25) is 0 Å². The van der Waals surface area contributed by atoms with Gasteiger partial charge in [-0.3, -0.25) is 4.57 Å². The van der Waals surface area contributed by atoms with E-state index in [1.165, 1.54) is 17.2 Å². The molecule has 0 spiro atoms. The highest BCUT2D eigenvalue weighted by Crippen LogP contribution is 2.36. The number of hydrogen-bond donors (Lipinski definition) is 1. The number of nitrogens with two attached hydrogens (primary N) is 1.